The predicted molar refractivity (Wildman–Crippen MR) is 115 cm³/mol. The average Bonchev–Trinajstić information content (AvgIpc) is 3.38. The number of esters is 1. The SMILES string of the molecule is CC(=O)ON=C(C)C12OC1CC1C3CC=C4CC(OC(C)=O)CCC4(C)C3CCC12C. The molecule has 0 aromatic heterocycles. The topological polar surface area (TPSA) is 77.5 Å². The molecule has 5 aliphatic rings. The summed E-state index contributed by atoms with van der Waals surface area (Å²) in [7, 11) is 0. The molecular weight excluding hydrogens is 394 g/mol. The molecule has 3 saturated carbocycles. The molecule has 0 amide bonds. The van der Waals surface area contributed by atoms with Gasteiger partial charge in [-0.2, -0.15) is 0 Å². The molecule has 8 unspecified atom stereocenters. The van der Waals surface area contributed by atoms with E-state index < -0.39 is 5.97 Å². The van der Waals surface area contributed by atoms with Crippen molar-refractivity contribution < 1.29 is 23.9 Å². The molecule has 1 saturated heterocycles. The number of ether oxygens (including phenoxy) is 2. The normalized spacial score (nSPS) is 47.8. The highest BCUT2D eigenvalue weighted by Gasteiger charge is 2.78. The number of fused-ring (bicyclic) bond motifs is 7. The van der Waals surface area contributed by atoms with Crippen LogP contribution in [0.1, 0.15) is 79.6 Å². The van der Waals surface area contributed by atoms with Crippen LogP contribution >= 0.6 is 0 Å². The van der Waals surface area contributed by atoms with Crippen molar-refractivity contribution in [2.24, 2.45) is 33.7 Å². The minimum absolute atomic E-state index is 0.0310. The monoisotopic (exact) mass is 429 g/mol. The van der Waals surface area contributed by atoms with Gasteiger partial charge in [0, 0.05) is 25.7 Å². The molecular formula is C25H35NO5. The molecule has 8 atom stereocenters. The van der Waals surface area contributed by atoms with Crippen molar-refractivity contribution in [3.8, 4) is 0 Å². The quantitative estimate of drug-likeness (QED) is 0.164. The molecule has 4 aliphatic carbocycles. The van der Waals surface area contributed by atoms with Gasteiger partial charge >= 0.3 is 11.9 Å². The van der Waals surface area contributed by atoms with Crippen LogP contribution in [-0.2, 0) is 23.9 Å². The molecule has 0 bridgehead atoms. The summed E-state index contributed by atoms with van der Waals surface area (Å²) in [6.45, 7) is 9.69. The molecule has 0 radical (unpaired) electrons. The zero-order valence-electron chi connectivity index (χ0n) is 19.4. The minimum atomic E-state index is -0.390. The van der Waals surface area contributed by atoms with Crippen LogP contribution in [0.5, 0.6) is 0 Å². The van der Waals surface area contributed by atoms with Gasteiger partial charge < -0.3 is 14.3 Å². The van der Waals surface area contributed by atoms with E-state index in [0.717, 1.165) is 44.2 Å². The number of rotatable bonds is 3. The van der Waals surface area contributed by atoms with Crippen LogP contribution in [0.15, 0.2) is 16.8 Å². The Morgan fingerprint density at radius 2 is 1.87 bits per heavy atom. The van der Waals surface area contributed by atoms with Gasteiger partial charge in [0.05, 0.1) is 11.8 Å². The molecule has 4 fully saturated rings. The third-order valence-corrected chi connectivity index (χ3v) is 9.67. The molecule has 6 heteroatoms. The fourth-order valence-corrected chi connectivity index (χ4v) is 8.25. The van der Waals surface area contributed by atoms with E-state index in [1.54, 1.807) is 0 Å². The van der Waals surface area contributed by atoms with Crippen molar-refractivity contribution in [1.82, 2.24) is 0 Å². The van der Waals surface area contributed by atoms with E-state index >= 15 is 0 Å². The smallest absolute Gasteiger partial charge is 0.331 e. The maximum atomic E-state index is 11.5. The van der Waals surface area contributed by atoms with Crippen molar-refractivity contribution >= 4 is 17.7 Å². The van der Waals surface area contributed by atoms with Gasteiger partial charge in [0.1, 0.15) is 11.7 Å². The van der Waals surface area contributed by atoms with Gasteiger partial charge in [-0.15, -0.1) is 0 Å². The molecule has 0 N–H and O–H groups in total. The molecule has 6 nitrogen and oxygen atoms in total. The second-order valence-electron chi connectivity index (χ2n) is 11.0. The first-order chi connectivity index (χ1) is 14.6. The van der Waals surface area contributed by atoms with Crippen LogP contribution in [-0.4, -0.2) is 35.5 Å². The lowest BCUT2D eigenvalue weighted by Crippen LogP contribution is -2.54. The number of nitrogens with zero attached hydrogens (tertiary/aromatic N) is 1. The lowest BCUT2D eigenvalue weighted by atomic mass is 9.47. The summed E-state index contributed by atoms with van der Waals surface area (Å²) in [5.74, 6) is 1.35. The molecule has 1 heterocycles. The molecule has 0 aromatic carbocycles. The highest BCUT2D eigenvalue weighted by Crippen LogP contribution is 2.73. The first-order valence-electron chi connectivity index (χ1n) is 11.9. The average molecular weight is 430 g/mol. The first kappa shape index (κ1) is 21.2. The largest absolute Gasteiger partial charge is 0.462 e. The minimum Gasteiger partial charge on any atom is -0.462 e. The van der Waals surface area contributed by atoms with Crippen molar-refractivity contribution in [1.29, 1.82) is 0 Å². The molecule has 5 rings (SSSR count). The molecule has 0 aromatic rings. The second-order valence-corrected chi connectivity index (χ2v) is 11.0. The summed E-state index contributed by atoms with van der Waals surface area (Å²) in [5.41, 5.74) is 2.20. The summed E-state index contributed by atoms with van der Waals surface area (Å²) >= 11 is 0. The zero-order chi connectivity index (χ0) is 22.2. The van der Waals surface area contributed by atoms with Gasteiger partial charge in [-0.1, -0.05) is 30.7 Å². The Hall–Kier alpha value is -1.69. The Kier molecular flexibility index (Phi) is 4.71. The highest BCUT2D eigenvalue weighted by atomic mass is 16.7. The predicted octanol–water partition coefficient (Wildman–Crippen LogP) is 4.57. The summed E-state index contributed by atoms with van der Waals surface area (Å²) in [6.07, 6.45) is 10.1. The van der Waals surface area contributed by atoms with E-state index in [2.05, 4.69) is 25.1 Å². The third kappa shape index (κ3) is 2.89. The maximum Gasteiger partial charge on any atom is 0.331 e. The Labute approximate surface area is 184 Å². The Bertz CT molecular complexity index is 879. The number of hydrogen-bond acceptors (Lipinski definition) is 6. The van der Waals surface area contributed by atoms with Crippen LogP contribution < -0.4 is 0 Å². The van der Waals surface area contributed by atoms with Gasteiger partial charge in [-0.25, -0.2) is 4.79 Å². The van der Waals surface area contributed by atoms with Gasteiger partial charge in [0.25, 0.3) is 0 Å². The molecule has 31 heavy (non-hydrogen) atoms. The van der Waals surface area contributed by atoms with Crippen LogP contribution in [0, 0.1) is 28.6 Å². The second kappa shape index (κ2) is 6.90. The molecule has 1 aliphatic heterocycles. The standard InChI is InChI=1S/C25H35NO5/c1-14(26-31-16(3)28)25-22(30-25)13-21-19-7-6-17-12-18(29-15(2)27)8-10-23(17,4)20(19)9-11-24(21,25)5/h6,18-22H,7-13H2,1-5H3. The van der Waals surface area contributed by atoms with Crippen LogP contribution in [0.4, 0.5) is 0 Å². The van der Waals surface area contributed by atoms with Crippen molar-refractivity contribution in [3.05, 3.63) is 11.6 Å². The summed E-state index contributed by atoms with van der Waals surface area (Å²) in [5, 5.41) is 4.16. The number of oxime groups is 1. The summed E-state index contributed by atoms with van der Waals surface area (Å²) in [4.78, 5) is 27.7. The lowest BCUT2D eigenvalue weighted by molar-refractivity contribution is -0.148. The maximum absolute atomic E-state index is 11.5. The number of epoxide rings is 1. The zero-order valence-corrected chi connectivity index (χ0v) is 19.4. The van der Waals surface area contributed by atoms with E-state index in [1.807, 2.05) is 6.92 Å². The van der Waals surface area contributed by atoms with Crippen LogP contribution in [0.25, 0.3) is 0 Å². The number of carbonyl (C=O) groups excluding carboxylic acids is 2. The van der Waals surface area contributed by atoms with E-state index in [4.69, 9.17) is 14.3 Å². The fourth-order valence-electron chi connectivity index (χ4n) is 8.25. The number of hydrogen-bond donors (Lipinski definition) is 0. The molecule has 0 spiro atoms. The van der Waals surface area contributed by atoms with E-state index in [1.165, 1.54) is 25.8 Å². The van der Waals surface area contributed by atoms with Crippen molar-refractivity contribution in [2.45, 2.75) is 97.4 Å². The Morgan fingerprint density at radius 3 is 2.58 bits per heavy atom. The third-order valence-electron chi connectivity index (χ3n) is 9.67. The van der Waals surface area contributed by atoms with Gasteiger partial charge in [0.2, 0.25) is 0 Å². The van der Waals surface area contributed by atoms with Crippen molar-refractivity contribution in [2.75, 3.05) is 0 Å². The number of carbonyl (C=O) groups is 2. The number of allylic oxidation sites excluding steroid dienone is 1. The van der Waals surface area contributed by atoms with E-state index in [9.17, 15) is 9.59 Å². The highest BCUT2D eigenvalue weighted by molar-refractivity contribution is 5.95. The summed E-state index contributed by atoms with van der Waals surface area (Å²) < 4.78 is 11.8. The van der Waals surface area contributed by atoms with Gasteiger partial charge in [-0.05, 0) is 68.6 Å². The van der Waals surface area contributed by atoms with Gasteiger partial charge in [0.15, 0.2) is 0 Å². The van der Waals surface area contributed by atoms with Crippen LogP contribution in [0.2, 0.25) is 0 Å². The Morgan fingerprint density at radius 1 is 1.10 bits per heavy atom. The fraction of sp³-hybridized carbons (Fsp3) is 0.800. The first-order valence-corrected chi connectivity index (χ1v) is 11.9. The molecule has 170 valence electrons. The Balaban J connectivity index is 1.40. The van der Waals surface area contributed by atoms with Crippen LogP contribution in [0.3, 0.4) is 0 Å². The van der Waals surface area contributed by atoms with E-state index in [-0.39, 0.29) is 34.6 Å². The van der Waals surface area contributed by atoms with Crippen molar-refractivity contribution in [3.63, 3.8) is 0 Å². The summed E-state index contributed by atoms with van der Waals surface area (Å²) in [6, 6.07) is 0. The van der Waals surface area contributed by atoms with Gasteiger partial charge in [-0.3, -0.25) is 4.79 Å². The lowest BCUT2D eigenvalue weighted by Gasteiger charge is -2.58. The van der Waals surface area contributed by atoms with E-state index in [0.29, 0.717) is 17.8 Å².